The molecule has 0 aliphatic rings. The second-order valence-corrected chi connectivity index (χ2v) is 5.60. The van der Waals surface area contributed by atoms with Crippen molar-refractivity contribution in [1.29, 1.82) is 5.26 Å². The minimum absolute atomic E-state index is 0.301. The second kappa shape index (κ2) is 6.58. The highest BCUT2D eigenvalue weighted by Crippen LogP contribution is 2.24. The smallest absolute Gasteiger partial charge is 0.122 e. The Morgan fingerprint density at radius 3 is 2.53 bits per heavy atom. The van der Waals surface area contributed by atoms with E-state index in [2.05, 4.69) is 31.3 Å². The summed E-state index contributed by atoms with van der Waals surface area (Å²) >= 11 is 0. The lowest BCUT2D eigenvalue weighted by Crippen LogP contribution is -2.29. The molecule has 0 unspecified atom stereocenters. The predicted molar refractivity (Wildman–Crippen MR) is 78.4 cm³/mol. The number of nitriles is 1. The van der Waals surface area contributed by atoms with Crippen LogP contribution < -0.4 is 10.1 Å². The van der Waals surface area contributed by atoms with Crippen molar-refractivity contribution in [3.63, 3.8) is 0 Å². The van der Waals surface area contributed by atoms with Crippen LogP contribution in [0.4, 0.5) is 0 Å². The van der Waals surface area contributed by atoms with Gasteiger partial charge in [-0.2, -0.15) is 5.26 Å². The second-order valence-electron chi connectivity index (χ2n) is 5.60. The van der Waals surface area contributed by atoms with Crippen molar-refractivity contribution < 1.29 is 4.74 Å². The molecule has 0 spiro atoms. The Hall–Kier alpha value is -1.53. The Morgan fingerprint density at radius 1 is 1.26 bits per heavy atom. The molecule has 19 heavy (non-hydrogen) atoms. The number of benzene rings is 1. The minimum Gasteiger partial charge on any atom is -0.496 e. The van der Waals surface area contributed by atoms with Crippen LogP contribution in [0.2, 0.25) is 0 Å². The van der Waals surface area contributed by atoms with E-state index >= 15 is 0 Å². The SMILES string of the molecule is COc1ccc(CCNCC(C)(C)C#N)c(C)c1C. The molecule has 0 aliphatic heterocycles. The van der Waals surface area contributed by atoms with Crippen LogP contribution in [0.25, 0.3) is 0 Å². The molecule has 3 nitrogen and oxygen atoms in total. The van der Waals surface area contributed by atoms with Crippen molar-refractivity contribution in [2.24, 2.45) is 5.41 Å². The lowest BCUT2D eigenvalue weighted by molar-refractivity contribution is 0.411. The van der Waals surface area contributed by atoms with Gasteiger partial charge in [0.15, 0.2) is 0 Å². The van der Waals surface area contributed by atoms with Crippen molar-refractivity contribution >= 4 is 0 Å². The van der Waals surface area contributed by atoms with Crippen LogP contribution in [0, 0.1) is 30.6 Å². The highest BCUT2D eigenvalue weighted by molar-refractivity contribution is 5.43. The monoisotopic (exact) mass is 260 g/mol. The molecular formula is C16H24N2O. The Bertz CT molecular complexity index is 472. The van der Waals surface area contributed by atoms with Crippen molar-refractivity contribution in [2.45, 2.75) is 34.1 Å². The third-order valence-electron chi connectivity index (χ3n) is 3.51. The molecule has 0 bridgehead atoms. The first-order valence-corrected chi connectivity index (χ1v) is 6.66. The van der Waals surface area contributed by atoms with E-state index in [1.165, 1.54) is 16.7 Å². The number of methoxy groups -OCH3 is 1. The molecular weight excluding hydrogens is 236 g/mol. The summed E-state index contributed by atoms with van der Waals surface area (Å²) in [6, 6.07) is 6.44. The zero-order chi connectivity index (χ0) is 14.5. The van der Waals surface area contributed by atoms with E-state index < -0.39 is 0 Å². The Balaban J connectivity index is 2.56. The first kappa shape index (κ1) is 15.5. The highest BCUT2D eigenvalue weighted by Gasteiger charge is 2.15. The molecule has 0 heterocycles. The van der Waals surface area contributed by atoms with Gasteiger partial charge < -0.3 is 10.1 Å². The van der Waals surface area contributed by atoms with Crippen LogP contribution in [-0.4, -0.2) is 20.2 Å². The van der Waals surface area contributed by atoms with Gasteiger partial charge in [0.05, 0.1) is 18.6 Å². The van der Waals surface area contributed by atoms with E-state index in [1.807, 2.05) is 19.9 Å². The van der Waals surface area contributed by atoms with E-state index in [-0.39, 0.29) is 5.41 Å². The van der Waals surface area contributed by atoms with Gasteiger partial charge in [0.25, 0.3) is 0 Å². The van der Waals surface area contributed by atoms with E-state index in [4.69, 9.17) is 10.00 Å². The van der Waals surface area contributed by atoms with E-state index in [1.54, 1.807) is 7.11 Å². The number of nitrogens with one attached hydrogen (secondary N) is 1. The summed E-state index contributed by atoms with van der Waals surface area (Å²) in [5.74, 6) is 0.944. The van der Waals surface area contributed by atoms with Gasteiger partial charge >= 0.3 is 0 Å². The zero-order valence-corrected chi connectivity index (χ0v) is 12.6. The molecule has 0 amide bonds. The van der Waals surface area contributed by atoms with Crippen molar-refractivity contribution in [3.05, 3.63) is 28.8 Å². The van der Waals surface area contributed by atoms with Gasteiger partial charge in [-0.15, -0.1) is 0 Å². The number of hydrogen-bond acceptors (Lipinski definition) is 3. The standard InChI is InChI=1S/C16H24N2O/c1-12-13(2)15(19-5)7-6-14(12)8-9-18-11-16(3,4)10-17/h6-7,18H,8-9,11H2,1-5H3. The van der Waals surface area contributed by atoms with Crippen molar-refractivity contribution in [1.82, 2.24) is 5.32 Å². The van der Waals surface area contributed by atoms with Crippen molar-refractivity contribution in [2.75, 3.05) is 20.2 Å². The van der Waals surface area contributed by atoms with Crippen LogP contribution in [0.5, 0.6) is 5.75 Å². The quantitative estimate of drug-likeness (QED) is 0.800. The Kier molecular flexibility index (Phi) is 5.38. The molecule has 1 aromatic rings. The summed E-state index contributed by atoms with van der Waals surface area (Å²) in [4.78, 5) is 0. The van der Waals surface area contributed by atoms with E-state index in [0.717, 1.165) is 25.3 Å². The number of nitrogens with zero attached hydrogens (tertiary/aromatic N) is 1. The summed E-state index contributed by atoms with van der Waals surface area (Å²) in [5.41, 5.74) is 3.53. The van der Waals surface area contributed by atoms with Gasteiger partial charge in [-0.05, 0) is 63.4 Å². The van der Waals surface area contributed by atoms with Gasteiger partial charge in [0.1, 0.15) is 5.75 Å². The van der Waals surface area contributed by atoms with Crippen molar-refractivity contribution in [3.8, 4) is 11.8 Å². The van der Waals surface area contributed by atoms with Gasteiger partial charge in [0, 0.05) is 6.54 Å². The first-order chi connectivity index (χ1) is 8.91. The molecule has 0 fully saturated rings. The summed E-state index contributed by atoms with van der Waals surface area (Å²) in [5, 5.41) is 12.3. The average Bonchev–Trinajstić information content (AvgIpc) is 2.39. The molecule has 0 atom stereocenters. The fourth-order valence-corrected chi connectivity index (χ4v) is 2.01. The molecule has 0 saturated heterocycles. The number of rotatable bonds is 6. The molecule has 1 aromatic carbocycles. The third kappa shape index (κ3) is 4.25. The number of hydrogen-bond donors (Lipinski definition) is 1. The normalized spacial score (nSPS) is 11.2. The predicted octanol–water partition coefficient (Wildman–Crippen LogP) is 2.99. The van der Waals surface area contributed by atoms with E-state index in [9.17, 15) is 0 Å². The maximum absolute atomic E-state index is 8.94. The lowest BCUT2D eigenvalue weighted by Gasteiger charge is -2.17. The molecule has 0 aromatic heterocycles. The maximum Gasteiger partial charge on any atom is 0.122 e. The molecule has 1 rings (SSSR count). The molecule has 104 valence electrons. The van der Waals surface area contributed by atoms with Gasteiger partial charge in [0.2, 0.25) is 0 Å². The van der Waals surface area contributed by atoms with Gasteiger partial charge in [-0.3, -0.25) is 0 Å². The highest BCUT2D eigenvalue weighted by atomic mass is 16.5. The topological polar surface area (TPSA) is 45.0 Å². The van der Waals surface area contributed by atoms with Crippen LogP contribution in [-0.2, 0) is 6.42 Å². The Morgan fingerprint density at radius 2 is 1.95 bits per heavy atom. The van der Waals surface area contributed by atoms with Crippen LogP contribution >= 0.6 is 0 Å². The Labute approximate surface area is 116 Å². The third-order valence-corrected chi connectivity index (χ3v) is 3.51. The first-order valence-electron chi connectivity index (χ1n) is 6.66. The van der Waals surface area contributed by atoms with Crippen LogP contribution in [0.15, 0.2) is 12.1 Å². The lowest BCUT2D eigenvalue weighted by atomic mass is 9.95. The summed E-state index contributed by atoms with van der Waals surface area (Å²) in [6.45, 7) is 9.72. The van der Waals surface area contributed by atoms with Gasteiger partial charge in [-0.1, -0.05) is 6.07 Å². The molecule has 0 radical (unpaired) electrons. The van der Waals surface area contributed by atoms with Crippen LogP contribution in [0.1, 0.15) is 30.5 Å². The van der Waals surface area contributed by atoms with Crippen LogP contribution in [0.3, 0.4) is 0 Å². The fourth-order valence-electron chi connectivity index (χ4n) is 2.01. The largest absolute Gasteiger partial charge is 0.496 e. The summed E-state index contributed by atoms with van der Waals surface area (Å²) in [6.07, 6.45) is 0.970. The molecule has 1 N–H and O–H groups in total. The molecule has 0 aliphatic carbocycles. The van der Waals surface area contributed by atoms with Gasteiger partial charge in [-0.25, -0.2) is 0 Å². The minimum atomic E-state index is -0.301. The summed E-state index contributed by atoms with van der Waals surface area (Å²) in [7, 11) is 1.70. The molecule has 3 heteroatoms. The number of ether oxygens (including phenoxy) is 1. The summed E-state index contributed by atoms with van der Waals surface area (Å²) < 4.78 is 5.31. The van der Waals surface area contributed by atoms with E-state index in [0.29, 0.717) is 0 Å². The average molecular weight is 260 g/mol. The zero-order valence-electron chi connectivity index (χ0n) is 12.6. The maximum atomic E-state index is 8.94. The fraction of sp³-hybridized carbons (Fsp3) is 0.562. The molecule has 0 saturated carbocycles.